The summed E-state index contributed by atoms with van der Waals surface area (Å²) in [4.78, 5) is 23.9. The number of hydrogen-bond donors (Lipinski definition) is 2. The normalized spacial score (nSPS) is 10.9. The summed E-state index contributed by atoms with van der Waals surface area (Å²) in [5.41, 5.74) is 1.88. The van der Waals surface area contributed by atoms with Gasteiger partial charge < -0.3 is 4.98 Å². The lowest BCUT2D eigenvalue weighted by Gasteiger charge is -2.00. The fraction of sp³-hybridized carbons (Fsp3) is 0.182. The zero-order valence-electron chi connectivity index (χ0n) is 9.67. The van der Waals surface area contributed by atoms with Gasteiger partial charge in [0.05, 0.1) is 12.1 Å². The van der Waals surface area contributed by atoms with Crippen LogP contribution in [0.5, 0.6) is 0 Å². The van der Waals surface area contributed by atoms with Crippen molar-refractivity contribution < 1.29 is 4.79 Å². The lowest BCUT2D eigenvalue weighted by atomic mass is 10.3. The molecular formula is C11H11N5OS. The molecule has 0 bridgehead atoms. The Morgan fingerprint density at radius 2 is 2.50 bits per heavy atom. The Labute approximate surface area is 107 Å². The van der Waals surface area contributed by atoms with Crippen LogP contribution in [0.2, 0.25) is 0 Å². The molecule has 0 unspecified atom stereocenters. The van der Waals surface area contributed by atoms with Crippen LogP contribution in [-0.4, -0.2) is 25.3 Å². The first kappa shape index (κ1) is 11.0. The van der Waals surface area contributed by atoms with Crippen molar-refractivity contribution in [1.82, 2.24) is 19.4 Å². The zero-order chi connectivity index (χ0) is 12.5. The molecule has 0 fully saturated rings. The molecule has 7 heteroatoms. The van der Waals surface area contributed by atoms with Crippen LogP contribution in [-0.2, 0) is 11.2 Å². The molecule has 3 heterocycles. The standard InChI is InChI=1S/C11H11N5OS/c1-7-5-16-8(6-18-11(16)14-7)4-9(17)15-10-12-2-3-13-10/h2-3,5-6H,4H2,1H3,(H2,12,13,15,17). The van der Waals surface area contributed by atoms with E-state index in [1.807, 2.05) is 22.9 Å². The van der Waals surface area contributed by atoms with Crippen LogP contribution in [0, 0.1) is 6.92 Å². The number of hydrogen-bond acceptors (Lipinski definition) is 4. The molecule has 3 rings (SSSR count). The topological polar surface area (TPSA) is 75.1 Å². The number of nitrogens with one attached hydrogen (secondary N) is 2. The number of imidazole rings is 2. The maximum atomic E-state index is 11.8. The predicted molar refractivity (Wildman–Crippen MR) is 68.7 cm³/mol. The minimum atomic E-state index is -0.101. The Balaban J connectivity index is 1.77. The number of H-pyrrole nitrogens is 1. The van der Waals surface area contributed by atoms with Gasteiger partial charge >= 0.3 is 0 Å². The number of aromatic nitrogens is 4. The van der Waals surface area contributed by atoms with E-state index < -0.39 is 0 Å². The fourth-order valence-corrected chi connectivity index (χ4v) is 2.66. The molecule has 0 spiro atoms. The van der Waals surface area contributed by atoms with Crippen molar-refractivity contribution in [2.75, 3.05) is 5.32 Å². The molecule has 3 aromatic rings. The van der Waals surface area contributed by atoms with E-state index in [-0.39, 0.29) is 5.91 Å². The van der Waals surface area contributed by atoms with Gasteiger partial charge in [0.15, 0.2) is 4.96 Å². The minimum absolute atomic E-state index is 0.101. The van der Waals surface area contributed by atoms with Crippen LogP contribution in [0.3, 0.4) is 0 Å². The summed E-state index contributed by atoms with van der Waals surface area (Å²) < 4.78 is 1.95. The van der Waals surface area contributed by atoms with Crippen LogP contribution in [0.4, 0.5) is 5.95 Å². The summed E-state index contributed by atoms with van der Waals surface area (Å²) in [6.07, 6.45) is 5.49. The van der Waals surface area contributed by atoms with Gasteiger partial charge in [-0.05, 0) is 6.92 Å². The molecule has 6 nitrogen and oxygen atoms in total. The van der Waals surface area contributed by atoms with Gasteiger partial charge in [0, 0.05) is 29.7 Å². The Hall–Kier alpha value is -2.15. The van der Waals surface area contributed by atoms with E-state index in [2.05, 4.69) is 20.3 Å². The number of aromatic amines is 1. The number of nitrogens with zero attached hydrogens (tertiary/aromatic N) is 3. The average molecular weight is 261 g/mol. The van der Waals surface area contributed by atoms with Crippen molar-refractivity contribution in [3.8, 4) is 0 Å². The smallest absolute Gasteiger partial charge is 0.232 e. The summed E-state index contributed by atoms with van der Waals surface area (Å²) >= 11 is 1.53. The van der Waals surface area contributed by atoms with E-state index in [0.717, 1.165) is 16.3 Å². The van der Waals surface area contributed by atoms with Gasteiger partial charge in [0.2, 0.25) is 11.9 Å². The average Bonchev–Trinajstić information content (AvgIpc) is 2.98. The van der Waals surface area contributed by atoms with Crippen LogP contribution in [0.15, 0.2) is 24.0 Å². The molecule has 3 aromatic heterocycles. The molecule has 0 aliphatic carbocycles. The van der Waals surface area contributed by atoms with Crippen molar-refractivity contribution in [3.63, 3.8) is 0 Å². The first-order valence-electron chi connectivity index (χ1n) is 5.43. The van der Waals surface area contributed by atoms with Gasteiger partial charge in [-0.1, -0.05) is 0 Å². The maximum Gasteiger partial charge on any atom is 0.232 e. The van der Waals surface area contributed by atoms with E-state index in [4.69, 9.17) is 0 Å². The van der Waals surface area contributed by atoms with Crippen LogP contribution in [0.1, 0.15) is 11.4 Å². The number of aryl methyl sites for hydroxylation is 1. The van der Waals surface area contributed by atoms with Gasteiger partial charge in [-0.25, -0.2) is 9.97 Å². The molecular weight excluding hydrogens is 250 g/mol. The molecule has 0 aliphatic heterocycles. The number of rotatable bonds is 3. The number of carbonyl (C=O) groups is 1. The molecule has 18 heavy (non-hydrogen) atoms. The van der Waals surface area contributed by atoms with Gasteiger partial charge in [-0.15, -0.1) is 11.3 Å². The molecule has 0 saturated carbocycles. The lowest BCUT2D eigenvalue weighted by Crippen LogP contribution is -2.16. The molecule has 1 amide bonds. The summed E-state index contributed by atoms with van der Waals surface area (Å²) in [7, 11) is 0. The maximum absolute atomic E-state index is 11.8. The summed E-state index contributed by atoms with van der Waals surface area (Å²) in [5, 5.41) is 4.64. The summed E-state index contributed by atoms with van der Waals surface area (Å²) in [6, 6.07) is 0. The Bertz CT molecular complexity index is 681. The highest BCUT2D eigenvalue weighted by molar-refractivity contribution is 7.15. The molecule has 0 atom stereocenters. The van der Waals surface area contributed by atoms with Gasteiger partial charge in [0.25, 0.3) is 0 Å². The number of anilines is 1. The fourth-order valence-electron chi connectivity index (χ4n) is 1.74. The van der Waals surface area contributed by atoms with E-state index in [0.29, 0.717) is 12.4 Å². The Kier molecular flexibility index (Phi) is 2.60. The van der Waals surface area contributed by atoms with Crippen molar-refractivity contribution in [2.24, 2.45) is 0 Å². The highest BCUT2D eigenvalue weighted by Crippen LogP contribution is 2.17. The third-order valence-electron chi connectivity index (χ3n) is 2.50. The first-order chi connectivity index (χ1) is 8.72. The van der Waals surface area contributed by atoms with E-state index in [1.165, 1.54) is 11.3 Å². The number of thiazole rings is 1. The van der Waals surface area contributed by atoms with Gasteiger partial charge in [-0.2, -0.15) is 0 Å². The van der Waals surface area contributed by atoms with Crippen LogP contribution in [0.25, 0.3) is 4.96 Å². The SMILES string of the molecule is Cc1cn2c(CC(=O)Nc3ncc[nH]3)csc2n1. The summed E-state index contributed by atoms with van der Waals surface area (Å²) in [6.45, 7) is 1.94. The molecule has 0 aromatic carbocycles. The van der Waals surface area contributed by atoms with Gasteiger partial charge in [0.1, 0.15) is 0 Å². The summed E-state index contributed by atoms with van der Waals surface area (Å²) in [5.74, 6) is 0.365. The Morgan fingerprint density at radius 3 is 3.28 bits per heavy atom. The van der Waals surface area contributed by atoms with Crippen molar-refractivity contribution >= 4 is 28.2 Å². The molecule has 0 radical (unpaired) electrons. The second kappa shape index (κ2) is 4.26. The number of fused-ring (bicyclic) bond motifs is 1. The molecule has 2 N–H and O–H groups in total. The number of amides is 1. The van der Waals surface area contributed by atoms with Gasteiger partial charge in [-0.3, -0.25) is 14.5 Å². The highest BCUT2D eigenvalue weighted by Gasteiger charge is 2.11. The zero-order valence-corrected chi connectivity index (χ0v) is 10.5. The monoisotopic (exact) mass is 261 g/mol. The predicted octanol–water partition coefficient (Wildman–Crippen LogP) is 1.61. The molecule has 0 aliphatic rings. The van der Waals surface area contributed by atoms with E-state index in [9.17, 15) is 4.79 Å². The van der Waals surface area contributed by atoms with E-state index >= 15 is 0 Å². The van der Waals surface area contributed by atoms with Crippen LogP contribution >= 0.6 is 11.3 Å². The molecule has 92 valence electrons. The Morgan fingerprint density at radius 1 is 1.61 bits per heavy atom. The van der Waals surface area contributed by atoms with Crippen molar-refractivity contribution in [1.29, 1.82) is 0 Å². The highest BCUT2D eigenvalue weighted by atomic mass is 32.1. The third-order valence-corrected chi connectivity index (χ3v) is 3.39. The number of carbonyl (C=O) groups excluding carboxylic acids is 1. The first-order valence-corrected chi connectivity index (χ1v) is 6.31. The van der Waals surface area contributed by atoms with E-state index in [1.54, 1.807) is 12.4 Å². The third kappa shape index (κ3) is 2.00. The second-order valence-electron chi connectivity index (χ2n) is 3.92. The largest absolute Gasteiger partial charge is 0.331 e. The lowest BCUT2D eigenvalue weighted by molar-refractivity contribution is -0.115. The minimum Gasteiger partial charge on any atom is -0.331 e. The van der Waals surface area contributed by atoms with Crippen molar-refractivity contribution in [3.05, 3.63) is 35.4 Å². The van der Waals surface area contributed by atoms with Crippen LogP contribution < -0.4 is 5.32 Å². The second-order valence-corrected chi connectivity index (χ2v) is 4.76. The van der Waals surface area contributed by atoms with Crippen molar-refractivity contribution in [2.45, 2.75) is 13.3 Å². The molecule has 0 saturated heterocycles. The quantitative estimate of drug-likeness (QED) is 0.752.